The molecule has 1 fully saturated rings. The number of nitrogens with one attached hydrogen (secondary N) is 1. The van der Waals surface area contributed by atoms with Gasteiger partial charge in [0.05, 0.1) is 0 Å². The van der Waals surface area contributed by atoms with E-state index in [0.29, 0.717) is 18.4 Å². The largest absolute Gasteiger partial charge is 0.314 e. The summed E-state index contributed by atoms with van der Waals surface area (Å²) >= 11 is 5.81. The van der Waals surface area contributed by atoms with Gasteiger partial charge in [0.1, 0.15) is 6.67 Å². The number of halogens is 2. The van der Waals surface area contributed by atoms with Gasteiger partial charge in [-0.1, -0.05) is 6.42 Å². The van der Waals surface area contributed by atoms with E-state index in [1.807, 2.05) is 0 Å². The molecule has 0 heterocycles. The Labute approximate surface area is 78.7 Å². The van der Waals surface area contributed by atoms with Crippen LogP contribution in [0.15, 0.2) is 0 Å². The Bertz CT molecular complexity index is 121. The van der Waals surface area contributed by atoms with E-state index in [2.05, 4.69) is 5.32 Å². The molecule has 0 amide bonds. The molecule has 0 aromatic carbocycles. The zero-order chi connectivity index (χ0) is 8.81. The van der Waals surface area contributed by atoms with Crippen molar-refractivity contribution in [2.24, 2.45) is 11.8 Å². The molecule has 0 aromatic rings. The summed E-state index contributed by atoms with van der Waals surface area (Å²) in [5.41, 5.74) is 0. The minimum atomic E-state index is -0.266. The first-order valence-electron chi connectivity index (χ1n) is 4.71. The fourth-order valence-corrected chi connectivity index (χ4v) is 2.35. The Kier molecular flexibility index (Phi) is 4.93. The van der Waals surface area contributed by atoms with Crippen molar-refractivity contribution in [1.82, 2.24) is 5.32 Å². The molecule has 1 rings (SSSR count). The summed E-state index contributed by atoms with van der Waals surface area (Å²) < 4.78 is 11.8. The van der Waals surface area contributed by atoms with E-state index < -0.39 is 0 Å². The number of alkyl halides is 2. The highest BCUT2D eigenvalue weighted by atomic mass is 35.5. The van der Waals surface area contributed by atoms with E-state index in [9.17, 15) is 4.39 Å². The van der Waals surface area contributed by atoms with Crippen LogP contribution < -0.4 is 5.32 Å². The van der Waals surface area contributed by atoms with Crippen LogP contribution in [0.25, 0.3) is 0 Å². The summed E-state index contributed by atoms with van der Waals surface area (Å²) in [4.78, 5) is 0. The Morgan fingerprint density at radius 2 is 2.08 bits per heavy atom. The first-order chi connectivity index (χ1) is 5.88. The van der Waals surface area contributed by atoms with Crippen LogP contribution in [0.1, 0.15) is 19.3 Å². The van der Waals surface area contributed by atoms with Gasteiger partial charge in [-0.3, -0.25) is 0 Å². The zero-order valence-electron chi connectivity index (χ0n) is 7.36. The first kappa shape index (κ1) is 10.3. The summed E-state index contributed by atoms with van der Waals surface area (Å²) in [6, 6.07) is 0. The molecule has 2 unspecified atom stereocenters. The van der Waals surface area contributed by atoms with Crippen LogP contribution in [0.2, 0.25) is 0 Å². The fourth-order valence-electron chi connectivity index (χ4n) is 1.94. The minimum absolute atomic E-state index is 0.266. The lowest BCUT2D eigenvalue weighted by molar-refractivity contribution is 0.379. The molecule has 1 aliphatic carbocycles. The molecule has 3 heteroatoms. The number of hydrogen-bond donors (Lipinski definition) is 1. The van der Waals surface area contributed by atoms with E-state index in [0.717, 1.165) is 12.4 Å². The van der Waals surface area contributed by atoms with Gasteiger partial charge in [-0.15, -0.1) is 11.6 Å². The van der Waals surface area contributed by atoms with Gasteiger partial charge >= 0.3 is 0 Å². The summed E-state index contributed by atoms with van der Waals surface area (Å²) in [5, 5.41) is 3.11. The second-order valence-corrected chi connectivity index (χ2v) is 3.81. The topological polar surface area (TPSA) is 12.0 Å². The highest BCUT2D eigenvalue weighted by molar-refractivity contribution is 6.18. The molecule has 1 nitrogen and oxygen atoms in total. The van der Waals surface area contributed by atoms with Crippen molar-refractivity contribution in [3.63, 3.8) is 0 Å². The molecular weight excluding hydrogens is 177 g/mol. The minimum Gasteiger partial charge on any atom is -0.314 e. The molecule has 1 N–H and O–H groups in total. The second-order valence-electron chi connectivity index (χ2n) is 3.50. The molecule has 0 spiro atoms. The van der Waals surface area contributed by atoms with Crippen LogP contribution in [0.4, 0.5) is 4.39 Å². The van der Waals surface area contributed by atoms with Gasteiger partial charge in [-0.05, 0) is 31.2 Å². The Balaban J connectivity index is 2.12. The van der Waals surface area contributed by atoms with E-state index in [1.165, 1.54) is 19.3 Å². The van der Waals surface area contributed by atoms with Crippen LogP contribution in [-0.2, 0) is 0 Å². The number of hydrogen-bond acceptors (Lipinski definition) is 1. The smallest absolute Gasteiger partial charge is 0.102 e. The molecule has 0 aliphatic heterocycles. The lowest BCUT2D eigenvalue weighted by Crippen LogP contribution is -2.27. The predicted octanol–water partition coefficient (Wildman–Crippen LogP) is 2.20. The van der Waals surface area contributed by atoms with Gasteiger partial charge in [-0.2, -0.15) is 0 Å². The third-order valence-electron chi connectivity index (χ3n) is 2.69. The van der Waals surface area contributed by atoms with Crippen molar-refractivity contribution < 1.29 is 4.39 Å². The van der Waals surface area contributed by atoms with Gasteiger partial charge in [-0.25, -0.2) is 4.39 Å². The highest BCUT2D eigenvalue weighted by Crippen LogP contribution is 2.31. The quantitative estimate of drug-likeness (QED) is 0.522. The van der Waals surface area contributed by atoms with Crippen LogP contribution in [0, 0.1) is 11.8 Å². The van der Waals surface area contributed by atoms with Crippen molar-refractivity contribution in [2.75, 3.05) is 25.6 Å². The lowest BCUT2D eigenvalue weighted by atomic mass is 9.98. The van der Waals surface area contributed by atoms with Crippen LogP contribution in [0.5, 0.6) is 0 Å². The van der Waals surface area contributed by atoms with E-state index in [1.54, 1.807) is 0 Å². The van der Waals surface area contributed by atoms with Crippen LogP contribution in [-0.4, -0.2) is 25.6 Å². The molecule has 0 aromatic heterocycles. The molecule has 72 valence electrons. The third kappa shape index (κ3) is 2.91. The average molecular weight is 194 g/mol. The van der Waals surface area contributed by atoms with Gasteiger partial charge in [0.15, 0.2) is 0 Å². The van der Waals surface area contributed by atoms with Gasteiger partial charge in [0, 0.05) is 12.4 Å². The predicted molar refractivity (Wildman–Crippen MR) is 50.4 cm³/mol. The first-order valence-corrected chi connectivity index (χ1v) is 5.24. The van der Waals surface area contributed by atoms with Crippen molar-refractivity contribution in [3.8, 4) is 0 Å². The van der Waals surface area contributed by atoms with E-state index in [4.69, 9.17) is 11.6 Å². The van der Waals surface area contributed by atoms with Crippen molar-refractivity contribution >= 4 is 11.6 Å². The van der Waals surface area contributed by atoms with Crippen LogP contribution in [0.3, 0.4) is 0 Å². The van der Waals surface area contributed by atoms with Crippen LogP contribution >= 0.6 is 11.6 Å². The van der Waals surface area contributed by atoms with Crippen molar-refractivity contribution in [1.29, 1.82) is 0 Å². The molecule has 1 aliphatic rings. The normalized spacial score (nSPS) is 29.5. The zero-order valence-corrected chi connectivity index (χ0v) is 8.12. The maximum absolute atomic E-state index is 11.8. The van der Waals surface area contributed by atoms with E-state index in [-0.39, 0.29) is 6.67 Å². The molecule has 0 bridgehead atoms. The Morgan fingerprint density at radius 3 is 2.75 bits per heavy atom. The monoisotopic (exact) mass is 193 g/mol. The second kappa shape index (κ2) is 5.76. The molecule has 2 atom stereocenters. The van der Waals surface area contributed by atoms with Crippen molar-refractivity contribution in [2.45, 2.75) is 19.3 Å². The maximum atomic E-state index is 11.8. The van der Waals surface area contributed by atoms with Gasteiger partial charge in [0.25, 0.3) is 0 Å². The number of rotatable bonds is 5. The van der Waals surface area contributed by atoms with Gasteiger partial charge in [0.2, 0.25) is 0 Å². The third-order valence-corrected chi connectivity index (χ3v) is 3.09. The SMILES string of the molecule is FCCNCC1CCCC1CCl. The Morgan fingerprint density at radius 1 is 1.33 bits per heavy atom. The maximum Gasteiger partial charge on any atom is 0.102 e. The fraction of sp³-hybridized carbons (Fsp3) is 1.00. The summed E-state index contributed by atoms with van der Waals surface area (Å²) in [5.74, 6) is 2.12. The standard InChI is InChI=1S/C9H17ClFN/c10-6-8-2-1-3-9(8)7-12-5-4-11/h8-9,12H,1-7H2. The summed E-state index contributed by atoms with van der Waals surface area (Å²) in [6.07, 6.45) is 3.81. The average Bonchev–Trinajstić information content (AvgIpc) is 2.52. The Hall–Kier alpha value is 0.180. The van der Waals surface area contributed by atoms with E-state index >= 15 is 0 Å². The molecule has 12 heavy (non-hydrogen) atoms. The molecular formula is C9H17ClFN. The summed E-state index contributed by atoms with van der Waals surface area (Å²) in [6.45, 7) is 1.17. The molecule has 0 radical (unpaired) electrons. The van der Waals surface area contributed by atoms with Gasteiger partial charge < -0.3 is 5.32 Å². The highest BCUT2D eigenvalue weighted by Gasteiger charge is 2.25. The lowest BCUT2D eigenvalue weighted by Gasteiger charge is -2.16. The molecule has 1 saturated carbocycles. The summed E-state index contributed by atoms with van der Waals surface area (Å²) in [7, 11) is 0. The van der Waals surface area contributed by atoms with Crippen molar-refractivity contribution in [3.05, 3.63) is 0 Å². The molecule has 0 saturated heterocycles.